The second kappa shape index (κ2) is 14.2. The van der Waals surface area contributed by atoms with Crippen LogP contribution in [0.5, 0.6) is 0 Å². The Balaban J connectivity index is 1.76. The number of allylic oxidation sites excluding steroid dienone is 7. The molecule has 7 nitrogen and oxygen atoms in total. The second-order valence-corrected chi connectivity index (χ2v) is 9.02. The highest BCUT2D eigenvalue weighted by atomic mass is 19.1. The van der Waals surface area contributed by atoms with Gasteiger partial charge in [0.15, 0.2) is 11.6 Å². The average molecular weight is 522 g/mol. The van der Waals surface area contributed by atoms with Gasteiger partial charge in [0.1, 0.15) is 23.7 Å². The van der Waals surface area contributed by atoms with Crippen LogP contribution in [0.1, 0.15) is 51.8 Å². The summed E-state index contributed by atoms with van der Waals surface area (Å²) >= 11 is 0. The Morgan fingerprint density at radius 3 is 2.68 bits per heavy atom. The van der Waals surface area contributed by atoms with Gasteiger partial charge in [-0.25, -0.2) is 19.4 Å². The molecule has 1 aliphatic rings. The van der Waals surface area contributed by atoms with E-state index in [1.807, 2.05) is 57.0 Å². The van der Waals surface area contributed by atoms with Crippen LogP contribution in [-0.2, 0) is 6.54 Å². The van der Waals surface area contributed by atoms with E-state index in [0.29, 0.717) is 30.8 Å². The lowest BCUT2D eigenvalue weighted by atomic mass is 10.1. The first-order valence-electron chi connectivity index (χ1n) is 13.0. The lowest BCUT2D eigenvalue weighted by Gasteiger charge is -2.35. The van der Waals surface area contributed by atoms with Crippen molar-refractivity contribution < 1.29 is 8.78 Å². The Bertz CT molecular complexity index is 1250. The number of piperazine rings is 1. The van der Waals surface area contributed by atoms with Gasteiger partial charge in [0.2, 0.25) is 5.82 Å². The van der Waals surface area contributed by atoms with Crippen LogP contribution in [0.4, 0.5) is 20.4 Å². The van der Waals surface area contributed by atoms with Crippen molar-refractivity contribution in [2.75, 3.05) is 36.9 Å². The van der Waals surface area contributed by atoms with Gasteiger partial charge >= 0.3 is 0 Å². The quantitative estimate of drug-likeness (QED) is 0.378. The van der Waals surface area contributed by atoms with Gasteiger partial charge in [0.05, 0.1) is 6.54 Å². The molecule has 1 N–H and O–H groups in total. The van der Waals surface area contributed by atoms with Gasteiger partial charge < -0.3 is 15.1 Å². The summed E-state index contributed by atoms with van der Waals surface area (Å²) in [7, 11) is 1.97. The molecule has 0 aliphatic carbocycles. The van der Waals surface area contributed by atoms with E-state index in [4.69, 9.17) is 0 Å². The maximum Gasteiger partial charge on any atom is 0.207 e. The molecule has 1 fully saturated rings. The minimum absolute atomic E-state index is 0.0533. The molecule has 0 bridgehead atoms. The molecule has 38 heavy (non-hydrogen) atoms. The third-order valence-corrected chi connectivity index (χ3v) is 6.00. The summed E-state index contributed by atoms with van der Waals surface area (Å²) in [5.41, 5.74) is 2.58. The molecule has 0 atom stereocenters. The number of aliphatic imine (C=N–C) groups is 1. The zero-order chi connectivity index (χ0) is 27.5. The van der Waals surface area contributed by atoms with Crippen molar-refractivity contribution in [1.82, 2.24) is 19.9 Å². The van der Waals surface area contributed by atoms with Crippen LogP contribution in [0.2, 0.25) is 0 Å². The van der Waals surface area contributed by atoms with Crippen LogP contribution in [0, 0.1) is 11.6 Å². The van der Waals surface area contributed by atoms with Gasteiger partial charge in [-0.3, -0.25) is 4.98 Å². The highest BCUT2D eigenvalue weighted by Crippen LogP contribution is 2.24. The minimum Gasteiger partial charge on any atom is -0.363 e. The zero-order valence-corrected chi connectivity index (χ0v) is 22.9. The van der Waals surface area contributed by atoms with Crippen LogP contribution in [0.15, 0.2) is 65.7 Å². The van der Waals surface area contributed by atoms with Crippen LogP contribution in [0.3, 0.4) is 0 Å². The van der Waals surface area contributed by atoms with Gasteiger partial charge in [-0.05, 0) is 38.3 Å². The van der Waals surface area contributed by atoms with Crippen molar-refractivity contribution in [3.8, 4) is 0 Å². The smallest absolute Gasteiger partial charge is 0.207 e. The van der Waals surface area contributed by atoms with Gasteiger partial charge in [-0.1, -0.05) is 49.8 Å². The number of anilines is 2. The summed E-state index contributed by atoms with van der Waals surface area (Å²) in [5, 5.41) is 2.97. The van der Waals surface area contributed by atoms with E-state index in [-0.39, 0.29) is 23.9 Å². The van der Waals surface area contributed by atoms with Crippen LogP contribution in [-0.4, -0.2) is 52.4 Å². The third kappa shape index (κ3) is 7.57. The molecule has 1 aliphatic heterocycles. The summed E-state index contributed by atoms with van der Waals surface area (Å²) < 4.78 is 30.4. The molecule has 202 valence electrons. The number of nitrogens with zero attached hydrogens (tertiary/aromatic N) is 6. The fraction of sp³-hybridized carbons (Fsp3) is 0.379. The Hall–Kier alpha value is -3.88. The summed E-state index contributed by atoms with van der Waals surface area (Å²) in [6.45, 7) is 9.85. The Morgan fingerprint density at radius 2 is 1.97 bits per heavy atom. The standard InChI is InChI=1S/C29H37F2N7/c1-6-9-12-32-25-19-38(14-13-37(25)5)29-26(31)28(35-20-36-29)34-18-22-16-24(30)27(33-17-22)23(11-8-3)15-21(4)10-7-2/h8-12,15-17,20H,6-7,13-14,18-19H2,1-5H3,(H,34,35,36)/b11-8-,12-9-,21-10+,23-15+,32-25-. The van der Waals surface area contributed by atoms with Crippen LogP contribution in [0.25, 0.3) is 5.57 Å². The van der Waals surface area contributed by atoms with Crippen LogP contribution < -0.4 is 10.2 Å². The van der Waals surface area contributed by atoms with Crippen molar-refractivity contribution in [3.05, 3.63) is 83.6 Å². The van der Waals surface area contributed by atoms with Crippen molar-refractivity contribution in [2.24, 2.45) is 4.99 Å². The van der Waals surface area contributed by atoms with Gasteiger partial charge in [-0.15, -0.1) is 0 Å². The fourth-order valence-electron chi connectivity index (χ4n) is 4.01. The Morgan fingerprint density at radius 1 is 1.16 bits per heavy atom. The molecule has 1 saturated heterocycles. The molecule has 0 radical (unpaired) electrons. The number of nitrogens with one attached hydrogen (secondary N) is 1. The van der Waals surface area contributed by atoms with E-state index in [1.165, 1.54) is 12.4 Å². The van der Waals surface area contributed by atoms with Crippen LogP contribution >= 0.6 is 0 Å². The molecule has 3 heterocycles. The molecule has 9 heteroatoms. The van der Waals surface area contributed by atoms with Crippen molar-refractivity contribution >= 4 is 23.0 Å². The number of amidine groups is 1. The SMILES string of the molecule is C\C=C/C(=C\C(C)=C\CC)c1ncc(CNc2ncnc(N3CCN(C)/C(=N\C=C/CC)C3)c2F)cc1F. The number of aromatic nitrogens is 3. The maximum absolute atomic E-state index is 15.4. The summed E-state index contributed by atoms with van der Waals surface area (Å²) in [6, 6.07) is 1.42. The minimum atomic E-state index is -0.554. The van der Waals surface area contributed by atoms with Gasteiger partial charge in [0.25, 0.3) is 0 Å². The Labute approximate surface area is 224 Å². The molecular weight excluding hydrogens is 484 g/mol. The second-order valence-electron chi connectivity index (χ2n) is 9.02. The molecule has 2 aromatic rings. The maximum atomic E-state index is 15.4. The first-order chi connectivity index (χ1) is 18.4. The zero-order valence-electron chi connectivity index (χ0n) is 22.9. The highest BCUT2D eigenvalue weighted by Gasteiger charge is 2.24. The molecule has 0 aromatic carbocycles. The molecule has 0 amide bonds. The van der Waals surface area contributed by atoms with Crippen molar-refractivity contribution in [1.29, 1.82) is 0 Å². The third-order valence-electron chi connectivity index (χ3n) is 6.00. The number of halogens is 2. The normalized spacial score (nSPS) is 16.3. The molecule has 0 spiro atoms. The predicted molar refractivity (Wildman–Crippen MR) is 152 cm³/mol. The summed E-state index contributed by atoms with van der Waals surface area (Å²) in [5.74, 6) is 0.101. The monoisotopic (exact) mass is 521 g/mol. The lowest BCUT2D eigenvalue weighted by molar-refractivity contribution is 0.465. The van der Waals surface area contributed by atoms with Gasteiger partial charge in [0, 0.05) is 44.7 Å². The molecule has 3 rings (SSSR count). The molecular formula is C29H37F2N7. The Kier molecular flexibility index (Phi) is 10.7. The topological polar surface area (TPSA) is 69.5 Å². The van der Waals surface area contributed by atoms with Gasteiger partial charge in [-0.2, -0.15) is 4.39 Å². The van der Waals surface area contributed by atoms with E-state index in [0.717, 1.165) is 24.3 Å². The summed E-state index contributed by atoms with van der Waals surface area (Å²) in [4.78, 5) is 21.0. The number of pyridine rings is 1. The number of likely N-dealkylation sites (N-methyl/N-ethyl adjacent to an activating group) is 1. The van der Waals surface area contributed by atoms with E-state index < -0.39 is 11.6 Å². The largest absolute Gasteiger partial charge is 0.363 e. The highest BCUT2D eigenvalue weighted by molar-refractivity contribution is 5.88. The van der Waals surface area contributed by atoms with E-state index in [2.05, 4.69) is 43.2 Å². The molecule has 2 aromatic heterocycles. The van der Waals surface area contributed by atoms with E-state index in [9.17, 15) is 0 Å². The lowest BCUT2D eigenvalue weighted by Crippen LogP contribution is -2.49. The predicted octanol–water partition coefficient (Wildman–Crippen LogP) is 6.15. The molecule has 0 unspecified atom stereocenters. The molecule has 0 saturated carbocycles. The first-order valence-corrected chi connectivity index (χ1v) is 13.0. The van der Waals surface area contributed by atoms with E-state index >= 15 is 8.78 Å². The van der Waals surface area contributed by atoms with Crippen molar-refractivity contribution in [3.63, 3.8) is 0 Å². The number of hydrogen-bond acceptors (Lipinski definition) is 6. The average Bonchev–Trinajstić information content (AvgIpc) is 2.89. The first kappa shape index (κ1) is 28.7. The van der Waals surface area contributed by atoms with Crippen molar-refractivity contribution in [2.45, 2.75) is 47.1 Å². The van der Waals surface area contributed by atoms with E-state index in [1.54, 1.807) is 12.4 Å². The number of hydrogen-bond donors (Lipinski definition) is 1. The summed E-state index contributed by atoms with van der Waals surface area (Å²) in [6.07, 6.45) is 16.1. The number of rotatable bonds is 10. The fourth-order valence-corrected chi connectivity index (χ4v) is 4.01.